The first-order valence-electron chi connectivity index (χ1n) is 9.20. The third-order valence-corrected chi connectivity index (χ3v) is 6.08. The van der Waals surface area contributed by atoms with Gasteiger partial charge in [-0.2, -0.15) is 0 Å². The lowest BCUT2D eigenvalue weighted by atomic mass is 10.0. The van der Waals surface area contributed by atoms with Crippen molar-refractivity contribution >= 4 is 33.4 Å². The normalized spacial score (nSPS) is 13.2. The van der Waals surface area contributed by atoms with E-state index in [2.05, 4.69) is 32.2 Å². The van der Waals surface area contributed by atoms with Crippen LogP contribution in [0.3, 0.4) is 0 Å². The highest BCUT2D eigenvalue weighted by molar-refractivity contribution is 7.19. The van der Waals surface area contributed by atoms with Crippen LogP contribution in [0.2, 0.25) is 0 Å². The maximum Gasteiger partial charge on any atom is 0.269 e. The molecule has 3 N–H and O–H groups in total. The summed E-state index contributed by atoms with van der Waals surface area (Å²) in [5.74, 6) is -0.0905. The number of amides is 1. The lowest BCUT2D eigenvalue weighted by Crippen LogP contribution is -2.16. The predicted molar refractivity (Wildman–Crippen MR) is 114 cm³/mol. The minimum atomic E-state index is -0.572. The van der Waals surface area contributed by atoms with Crippen LogP contribution in [-0.2, 0) is 0 Å². The third kappa shape index (κ3) is 3.93. The Morgan fingerprint density at radius 1 is 1.07 bits per heavy atom. The molecule has 1 amide bonds. The fourth-order valence-electron chi connectivity index (χ4n) is 3.10. The molecular weight excluding hydrogens is 384 g/mol. The monoisotopic (exact) mass is 404 g/mol. The molecule has 4 aromatic rings. The number of carbonyl (C=O) groups excluding carboxylic acids is 1. The van der Waals surface area contributed by atoms with Crippen LogP contribution in [0.15, 0.2) is 55.1 Å². The summed E-state index contributed by atoms with van der Waals surface area (Å²) in [4.78, 5) is 30.5. The SMILES string of the molecule is C[C@H](c1cccnc1)c1cc2nc(N[C@@H](C)c3cccnc3)nc(C(N)=O)c2s1. The molecule has 0 aliphatic heterocycles. The second-order valence-electron chi connectivity index (χ2n) is 6.78. The van der Waals surface area contributed by atoms with Gasteiger partial charge in [0.1, 0.15) is 0 Å². The molecule has 0 saturated carbocycles. The average molecular weight is 404 g/mol. The summed E-state index contributed by atoms with van der Waals surface area (Å²) >= 11 is 1.49. The molecule has 0 radical (unpaired) electrons. The summed E-state index contributed by atoms with van der Waals surface area (Å²) in [6.45, 7) is 4.08. The van der Waals surface area contributed by atoms with Crippen molar-refractivity contribution in [2.45, 2.75) is 25.8 Å². The van der Waals surface area contributed by atoms with Crippen molar-refractivity contribution in [3.8, 4) is 0 Å². The summed E-state index contributed by atoms with van der Waals surface area (Å²) in [7, 11) is 0. The highest BCUT2D eigenvalue weighted by atomic mass is 32.1. The number of thiophene rings is 1. The maximum atomic E-state index is 12.1. The van der Waals surface area contributed by atoms with Gasteiger partial charge in [-0.05, 0) is 36.2 Å². The molecule has 0 aliphatic carbocycles. The van der Waals surface area contributed by atoms with Crippen LogP contribution in [0.5, 0.6) is 0 Å². The highest BCUT2D eigenvalue weighted by Crippen LogP contribution is 2.35. The Labute approximate surface area is 172 Å². The van der Waals surface area contributed by atoms with E-state index in [0.29, 0.717) is 16.2 Å². The topological polar surface area (TPSA) is 107 Å². The molecule has 0 aliphatic rings. The molecule has 0 spiro atoms. The van der Waals surface area contributed by atoms with Gasteiger partial charge in [-0.15, -0.1) is 11.3 Å². The largest absolute Gasteiger partial charge is 0.364 e. The second-order valence-corrected chi connectivity index (χ2v) is 7.87. The highest BCUT2D eigenvalue weighted by Gasteiger charge is 2.20. The number of nitrogens with zero attached hydrogens (tertiary/aromatic N) is 4. The van der Waals surface area contributed by atoms with E-state index in [9.17, 15) is 4.79 Å². The number of rotatable bonds is 6. The van der Waals surface area contributed by atoms with Crippen LogP contribution < -0.4 is 11.1 Å². The van der Waals surface area contributed by atoms with Crippen LogP contribution in [-0.4, -0.2) is 25.8 Å². The molecule has 4 rings (SSSR count). The van der Waals surface area contributed by atoms with Gasteiger partial charge >= 0.3 is 0 Å². The first-order valence-corrected chi connectivity index (χ1v) is 10.0. The summed E-state index contributed by atoms with van der Waals surface area (Å²) in [6, 6.07) is 9.70. The summed E-state index contributed by atoms with van der Waals surface area (Å²) in [5.41, 5.74) is 8.63. The zero-order valence-electron chi connectivity index (χ0n) is 16.0. The molecule has 4 aromatic heterocycles. The van der Waals surface area contributed by atoms with Crippen LogP contribution in [0.25, 0.3) is 10.2 Å². The number of aromatic nitrogens is 4. The van der Waals surface area contributed by atoms with Gasteiger partial charge in [-0.3, -0.25) is 14.8 Å². The van der Waals surface area contributed by atoms with E-state index in [0.717, 1.165) is 16.0 Å². The lowest BCUT2D eigenvalue weighted by Gasteiger charge is -2.14. The van der Waals surface area contributed by atoms with Crippen LogP contribution in [0.4, 0.5) is 5.95 Å². The number of primary amides is 1. The predicted octanol–water partition coefficient (Wildman–Crippen LogP) is 3.91. The quantitative estimate of drug-likeness (QED) is 0.505. The van der Waals surface area contributed by atoms with Gasteiger partial charge in [0.15, 0.2) is 5.69 Å². The molecule has 0 aromatic carbocycles. The fraction of sp³-hybridized carbons (Fsp3) is 0.190. The molecule has 146 valence electrons. The number of hydrogen-bond acceptors (Lipinski definition) is 7. The number of carbonyl (C=O) groups is 1. The Balaban J connectivity index is 1.72. The number of fused-ring (bicyclic) bond motifs is 1. The van der Waals surface area contributed by atoms with Gasteiger partial charge in [0.05, 0.1) is 16.3 Å². The van der Waals surface area contributed by atoms with E-state index in [1.807, 2.05) is 43.5 Å². The van der Waals surface area contributed by atoms with E-state index in [1.54, 1.807) is 18.6 Å². The van der Waals surface area contributed by atoms with E-state index in [1.165, 1.54) is 11.3 Å². The zero-order valence-corrected chi connectivity index (χ0v) is 16.9. The van der Waals surface area contributed by atoms with Crippen molar-refractivity contribution in [3.05, 3.63) is 76.8 Å². The third-order valence-electron chi connectivity index (χ3n) is 4.77. The zero-order chi connectivity index (χ0) is 20.4. The molecule has 4 heterocycles. The minimum absolute atomic E-state index is 0.0747. The van der Waals surface area contributed by atoms with E-state index in [-0.39, 0.29) is 17.7 Å². The Hall–Kier alpha value is -3.39. The number of nitrogens with one attached hydrogen (secondary N) is 1. The van der Waals surface area contributed by atoms with Gasteiger partial charge in [-0.1, -0.05) is 19.1 Å². The average Bonchev–Trinajstić information content (AvgIpc) is 3.17. The van der Waals surface area contributed by atoms with Crippen molar-refractivity contribution in [2.24, 2.45) is 5.73 Å². The second kappa shape index (κ2) is 7.92. The van der Waals surface area contributed by atoms with Crippen LogP contribution >= 0.6 is 11.3 Å². The maximum absolute atomic E-state index is 12.1. The van der Waals surface area contributed by atoms with Gasteiger partial charge in [0.2, 0.25) is 5.95 Å². The van der Waals surface area contributed by atoms with E-state index in [4.69, 9.17) is 5.73 Å². The molecule has 0 unspecified atom stereocenters. The smallest absolute Gasteiger partial charge is 0.269 e. The molecule has 7 nitrogen and oxygen atoms in total. The Morgan fingerprint density at radius 3 is 2.38 bits per heavy atom. The fourth-order valence-corrected chi connectivity index (χ4v) is 4.27. The van der Waals surface area contributed by atoms with Gasteiger partial charge < -0.3 is 11.1 Å². The van der Waals surface area contributed by atoms with Crippen molar-refractivity contribution in [1.82, 2.24) is 19.9 Å². The van der Waals surface area contributed by atoms with E-state index >= 15 is 0 Å². The number of pyridine rings is 2. The molecule has 0 saturated heterocycles. The van der Waals surface area contributed by atoms with Crippen LogP contribution in [0, 0.1) is 0 Å². The van der Waals surface area contributed by atoms with E-state index < -0.39 is 5.91 Å². The first-order chi connectivity index (χ1) is 14.0. The van der Waals surface area contributed by atoms with Crippen molar-refractivity contribution in [3.63, 3.8) is 0 Å². The molecule has 0 bridgehead atoms. The Morgan fingerprint density at radius 2 is 1.76 bits per heavy atom. The standard InChI is InChI=1S/C21H20N6OS/c1-12(14-5-3-7-23-10-14)17-9-16-19(29-17)18(20(22)28)27-21(26-16)25-13(2)15-6-4-8-24-11-15/h3-13H,1-2H3,(H2,22,28)(H,25,26,27)/t12-,13+/m1/s1. The molecule has 2 atom stereocenters. The minimum Gasteiger partial charge on any atom is -0.364 e. The molecule has 8 heteroatoms. The van der Waals surface area contributed by atoms with Crippen LogP contribution in [0.1, 0.15) is 52.3 Å². The number of nitrogens with two attached hydrogens (primary N) is 1. The van der Waals surface area contributed by atoms with Crippen molar-refractivity contribution in [2.75, 3.05) is 5.32 Å². The van der Waals surface area contributed by atoms with Crippen molar-refractivity contribution < 1.29 is 4.79 Å². The summed E-state index contributed by atoms with van der Waals surface area (Å²) in [6.07, 6.45) is 7.10. The summed E-state index contributed by atoms with van der Waals surface area (Å²) in [5, 5.41) is 3.24. The van der Waals surface area contributed by atoms with Gasteiger partial charge in [-0.25, -0.2) is 9.97 Å². The molecule has 29 heavy (non-hydrogen) atoms. The Bertz CT molecular complexity index is 1150. The molecular formula is C21H20N6OS. The number of hydrogen-bond donors (Lipinski definition) is 2. The number of anilines is 1. The Kier molecular flexibility index (Phi) is 5.18. The lowest BCUT2D eigenvalue weighted by molar-refractivity contribution is 0.0997. The van der Waals surface area contributed by atoms with Crippen molar-refractivity contribution in [1.29, 1.82) is 0 Å². The van der Waals surface area contributed by atoms with Gasteiger partial charge in [0.25, 0.3) is 5.91 Å². The first kappa shape index (κ1) is 18.9. The molecule has 0 fully saturated rings. The summed E-state index contributed by atoms with van der Waals surface area (Å²) < 4.78 is 0.697. The van der Waals surface area contributed by atoms with Gasteiger partial charge in [0, 0.05) is 35.6 Å².